The van der Waals surface area contributed by atoms with Gasteiger partial charge < -0.3 is 10.2 Å². The van der Waals surface area contributed by atoms with E-state index in [2.05, 4.69) is 41.2 Å². The standard InChI is InChI=1S/C21H24N4OS/c1-4-25(15(2)3)18-11-9-17(10-12-18)23-20(26)14-27-21-19-8-6-5-7-16(19)13-22-24-21/h5-13,15H,4,14H2,1-3H3,(H,23,26). The van der Waals surface area contributed by atoms with Crippen molar-refractivity contribution in [1.82, 2.24) is 10.2 Å². The predicted octanol–water partition coefficient (Wildman–Crippen LogP) is 4.60. The Morgan fingerprint density at radius 1 is 1.15 bits per heavy atom. The molecule has 3 rings (SSSR count). The molecule has 1 N–H and O–H groups in total. The van der Waals surface area contributed by atoms with Crippen molar-refractivity contribution in [2.75, 3.05) is 22.5 Å². The predicted molar refractivity (Wildman–Crippen MR) is 113 cm³/mol. The Labute approximate surface area is 164 Å². The van der Waals surface area contributed by atoms with Gasteiger partial charge in [0.1, 0.15) is 5.03 Å². The maximum absolute atomic E-state index is 12.3. The van der Waals surface area contributed by atoms with Crippen LogP contribution in [0.4, 0.5) is 11.4 Å². The Morgan fingerprint density at radius 3 is 2.59 bits per heavy atom. The first kappa shape index (κ1) is 19.2. The Bertz CT molecular complexity index is 906. The minimum absolute atomic E-state index is 0.0568. The van der Waals surface area contributed by atoms with Gasteiger partial charge in [0.15, 0.2) is 0 Å². The highest BCUT2D eigenvalue weighted by Crippen LogP contribution is 2.25. The largest absolute Gasteiger partial charge is 0.369 e. The Kier molecular flexibility index (Phi) is 6.29. The topological polar surface area (TPSA) is 58.1 Å². The van der Waals surface area contributed by atoms with Crippen molar-refractivity contribution in [1.29, 1.82) is 0 Å². The molecule has 0 atom stereocenters. The number of nitrogens with zero attached hydrogens (tertiary/aromatic N) is 3. The van der Waals surface area contributed by atoms with Crippen LogP contribution < -0.4 is 10.2 Å². The minimum atomic E-state index is -0.0568. The van der Waals surface area contributed by atoms with E-state index in [1.807, 2.05) is 48.5 Å². The maximum atomic E-state index is 12.3. The molecule has 1 aromatic heterocycles. The maximum Gasteiger partial charge on any atom is 0.234 e. The van der Waals surface area contributed by atoms with Crippen molar-refractivity contribution >= 4 is 39.8 Å². The molecule has 0 radical (unpaired) electrons. The van der Waals surface area contributed by atoms with Gasteiger partial charge in [-0.25, -0.2) is 0 Å². The summed E-state index contributed by atoms with van der Waals surface area (Å²) in [6.07, 6.45) is 1.73. The van der Waals surface area contributed by atoms with Gasteiger partial charge in [-0.2, -0.15) is 5.10 Å². The van der Waals surface area contributed by atoms with Gasteiger partial charge in [-0.15, -0.1) is 5.10 Å². The van der Waals surface area contributed by atoms with E-state index in [-0.39, 0.29) is 11.7 Å². The second-order valence-electron chi connectivity index (χ2n) is 6.50. The van der Waals surface area contributed by atoms with E-state index < -0.39 is 0 Å². The second kappa shape index (κ2) is 8.86. The summed E-state index contributed by atoms with van der Waals surface area (Å²) in [6, 6.07) is 16.3. The summed E-state index contributed by atoms with van der Waals surface area (Å²) in [5.41, 5.74) is 1.96. The van der Waals surface area contributed by atoms with Crippen molar-refractivity contribution in [3.63, 3.8) is 0 Å². The first-order valence-corrected chi connectivity index (χ1v) is 10.1. The van der Waals surface area contributed by atoms with Crippen molar-refractivity contribution in [3.8, 4) is 0 Å². The zero-order valence-corrected chi connectivity index (χ0v) is 16.7. The summed E-state index contributed by atoms with van der Waals surface area (Å²) in [7, 11) is 0. The number of hydrogen-bond acceptors (Lipinski definition) is 5. The highest BCUT2D eigenvalue weighted by Gasteiger charge is 2.10. The van der Waals surface area contributed by atoms with Crippen LogP contribution in [0, 0.1) is 0 Å². The van der Waals surface area contributed by atoms with Gasteiger partial charge in [-0.3, -0.25) is 4.79 Å². The smallest absolute Gasteiger partial charge is 0.234 e. The lowest BCUT2D eigenvalue weighted by Crippen LogP contribution is -2.30. The Balaban J connectivity index is 1.61. The summed E-state index contributed by atoms with van der Waals surface area (Å²) >= 11 is 1.40. The molecule has 27 heavy (non-hydrogen) atoms. The van der Waals surface area contributed by atoms with Gasteiger partial charge in [0, 0.05) is 34.7 Å². The lowest BCUT2D eigenvalue weighted by atomic mass is 10.2. The fraction of sp³-hybridized carbons (Fsp3) is 0.286. The number of benzene rings is 2. The van der Waals surface area contributed by atoms with Gasteiger partial charge in [-0.1, -0.05) is 36.0 Å². The Morgan fingerprint density at radius 2 is 1.89 bits per heavy atom. The number of anilines is 2. The molecule has 0 spiro atoms. The van der Waals surface area contributed by atoms with E-state index in [1.54, 1.807) is 6.20 Å². The highest BCUT2D eigenvalue weighted by atomic mass is 32.2. The van der Waals surface area contributed by atoms with Gasteiger partial charge in [-0.05, 0) is 45.0 Å². The monoisotopic (exact) mass is 380 g/mol. The first-order valence-electron chi connectivity index (χ1n) is 9.08. The third-order valence-electron chi connectivity index (χ3n) is 4.32. The van der Waals surface area contributed by atoms with Crippen LogP contribution in [0.25, 0.3) is 10.8 Å². The van der Waals surface area contributed by atoms with E-state index in [9.17, 15) is 4.79 Å². The lowest BCUT2D eigenvalue weighted by Gasteiger charge is -2.27. The van der Waals surface area contributed by atoms with E-state index in [1.165, 1.54) is 11.8 Å². The third-order valence-corrected chi connectivity index (χ3v) is 5.30. The van der Waals surface area contributed by atoms with Gasteiger partial charge in [0.2, 0.25) is 5.91 Å². The molecule has 3 aromatic rings. The average Bonchev–Trinajstić information content (AvgIpc) is 2.68. The molecule has 5 nitrogen and oxygen atoms in total. The van der Waals surface area contributed by atoms with Gasteiger partial charge in [0.05, 0.1) is 11.9 Å². The van der Waals surface area contributed by atoms with Crippen molar-refractivity contribution < 1.29 is 4.79 Å². The zero-order valence-electron chi connectivity index (χ0n) is 15.8. The fourth-order valence-corrected chi connectivity index (χ4v) is 3.81. The van der Waals surface area contributed by atoms with Crippen LogP contribution in [0.5, 0.6) is 0 Å². The second-order valence-corrected chi connectivity index (χ2v) is 7.46. The number of amides is 1. The number of carbonyl (C=O) groups excluding carboxylic acids is 1. The summed E-state index contributed by atoms with van der Waals surface area (Å²) in [5.74, 6) is 0.232. The van der Waals surface area contributed by atoms with Gasteiger partial charge in [0.25, 0.3) is 0 Å². The number of fused-ring (bicyclic) bond motifs is 1. The molecule has 2 aromatic carbocycles. The molecule has 6 heteroatoms. The molecule has 0 aliphatic carbocycles. The Hall–Kier alpha value is -2.60. The molecule has 0 bridgehead atoms. The summed E-state index contributed by atoms with van der Waals surface area (Å²) in [6.45, 7) is 7.44. The van der Waals surface area contributed by atoms with Crippen molar-refractivity contribution in [3.05, 3.63) is 54.7 Å². The number of rotatable bonds is 7. The number of nitrogens with one attached hydrogen (secondary N) is 1. The van der Waals surface area contributed by atoms with Crippen LogP contribution in [0.15, 0.2) is 59.8 Å². The molecule has 1 amide bonds. The summed E-state index contributed by atoms with van der Waals surface area (Å²) in [4.78, 5) is 14.6. The third kappa shape index (κ3) is 4.77. The van der Waals surface area contributed by atoms with Crippen LogP contribution in [0.1, 0.15) is 20.8 Å². The molecule has 0 saturated heterocycles. The molecule has 0 aliphatic rings. The molecular formula is C21H24N4OS. The summed E-state index contributed by atoms with van der Waals surface area (Å²) < 4.78 is 0. The van der Waals surface area contributed by atoms with Crippen LogP contribution >= 0.6 is 11.8 Å². The van der Waals surface area contributed by atoms with Crippen LogP contribution in [0.2, 0.25) is 0 Å². The molecule has 140 valence electrons. The van der Waals surface area contributed by atoms with E-state index in [0.29, 0.717) is 6.04 Å². The van der Waals surface area contributed by atoms with Crippen LogP contribution in [-0.2, 0) is 4.79 Å². The molecule has 0 saturated carbocycles. The highest BCUT2D eigenvalue weighted by molar-refractivity contribution is 8.00. The molecule has 0 fully saturated rings. The van der Waals surface area contributed by atoms with Crippen LogP contribution in [0.3, 0.4) is 0 Å². The SMILES string of the molecule is CCN(c1ccc(NC(=O)CSc2nncc3ccccc23)cc1)C(C)C. The molecule has 0 unspecified atom stereocenters. The summed E-state index contributed by atoms with van der Waals surface area (Å²) in [5, 5.41) is 13.9. The van der Waals surface area contributed by atoms with E-state index in [4.69, 9.17) is 0 Å². The van der Waals surface area contributed by atoms with Gasteiger partial charge >= 0.3 is 0 Å². The van der Waals surface area contributed by atoms with Crippen molar-refractivity contribution in [2.45, 2.75) is 31.8 Å². The number of thioether (sulfide) groups is 1. The lowest BCUT2D eigenvalue weighted by molar-refractivity contribution is -0.113. The van der Waals surface area contributed by atoms with Crippen molar-refractivity contribution in [2.24, 2.45) is 0 Å². The molecule has 0 aliphatic heterocycles. The zero-order chi connectivity index (χ0) is 19.2. The fourth-order valence-electron chi connectivity index (χ4n) is 3.02. The number of aromatic nitrogens is 2. The quantitative estimate of drug-likeness (QED) is 0.607. The number of carbonyl (C=O) groups is 1. The molecule has 1 heterocycles. The van der Waals surface area contributed by atoms with E-state index >= 15 is 0 Å². The normalized spacial score (nSPS) is 11.0. The van der Waals surface area contributed by atoms with Crippen LogP contribution in [-0.4, -0.2) is 34.4 Å². The first-order chi connectivity index (χ1) is 13.1. The molecular weight excluding hydrogens is 356 g/mol. The average molecular weight is 381 g/mol. The van der Waals surface area contributed by atoms with E-state index in [0.717, 1.165) is 33.7 Å². The minimum Gasteiger partial charge on any atom is -0.369 e. The number of hydrogen-bond donors (Lipinski definition) is 1.